The van der Waals surface area contributed by atoms with E-state index in [1.54, 1.807) is 23.6 Å². The molecule has 0 aliphatic carbocycles. The van der Waals surface area contributed by atoms with Crippen molar-refractivity contribution in [3.05, 3.63) is 59.6 Å². The first-order valence-electron chi connectivity index (χ1n) is 6.55. The minimum absolute atomic E-state index is 0.00994. The van der Waals surface area contributed by atoms with Crippen molar-refractivity contribution in [3.8, 4) is 0 Å². The maximum absolute atomic E-state index is 12.4. The van der Waals surface area contributed by atoms with Gasteiger partial charge >= 0.3 is 0 Å². The summed E-state index contributed by atoms with van der Waals surface area (Å²) < 4.78 is 24.9. The zero-order valence-corrected chi connectivity index (χ0v) is 13.3. The van der Waals surface area contributed by atoms with E-state index >= 15 is 0 Å². The van der Waals surface area contributed by atoms with Crippen LogP contribution in [0.1, 0.15) is 17.6 Å². The maximum atomic E-state index is 12.4. The molecular formula is C14H12N4O3S2. The van der Waals surface area contributed by atoms with Gasteiger partial charge in [-0.2, -0.15) is 5.10 Å². The molecule has 2 heterocycles. The zero-order chi connectivity index (χ0) is 16.3. The van der Waals surface area contributed by atoms with Crippen LogP contribution >= 0.6 is 11.3 Å². The summed E-state index contributed by atoms with van der Waals surface area (Å²) in [6.07, 6.45) is 3.34. The highest BCUT2D eigenvalue weighted by Gasteiger charge is 2.21. The molecule has 1 unspecified atom stereocenters. The summed E-state index contributed by atoms with van der Waals surface area (Å²) in [5.41, 5.74) is 0.444. The van der Waals surface area contributed by atoms with E-state index < -0.39 is 15.9 Å². The highest BCUT2D eigenvalue weighted by atomic mass is 32.2. The van der Waals surface area contributed by atoms with Gasteiger partial charge in [-0.15, -0.1) is 11.3 Å². The average molecular weight is 348 g/mol. The van der Waals surface area contributed by atoms with E-state index in [1.807, 2.05) is 0 Å². The van der Waals surface area contributed by atoms with Crippen molar-refractivity contribution in [2.75, 3.05) is 0 Å². The molecule has 0 aliphatic rings. The lowest BCUT2D eigenvalue weighted by atomic mass is 10.3. The van der Waals surface area contributed by atoms with Crippen LogP contribution in [0.4, 0.5) is 0 Å². The summed E-state index contributed by atoms with van der Waals surface area (Å²) in [6.45, 7) is 0. The first-order chi connectivity index (χ1) is 11.1. The molecule has 0 saturated carbocycles. The van der Waals surface area contributed by atoms with Gasteiger partial charge in [-0.25, -0.2) is 18.4 Å². The molecule has 0 amide bonds. The predicted octanol–water partition coefficient (Wildman–Crippen LogP) is 1.84. The molecule has 1 atom stereocenters. The van der Waals surface area contributed by atoms with Crippen LogP contribution in [-0.4, -0.2) is 33.7 Å². The Morgan fingerprint density at radius 3 is 2.74 bits per heavy atom. The van der Waals surface area contributed by atoms with Crippen LogP contribution in [0.25, 0.3) is 6.08 Å². The van der Waals surface area contributed by atoms with Crippen LogP contribution in [0.3, 0.4) is 0 Å². The molecule has 0 aliphatic heterocycles. The number of aromatic amines is 1. The zero-order valence-electron chi connectivity index (χ0n) is 11.7. The van der Waals surface area contributed by atoms with Gasteiger partial charge in [0.2, 0.25) is 14.2 Å². The number of hydrogen-bond acceptors (Lipinski definition) is 7. The second-order valence-corrected chi connectivity index (χ2v) is 7.50. The number of rotatable bonds is 5. The molecule has 9 heteroatoms. The van der Waals surface area contributed by atoms with E-state index in [0.717, 1.165) is 11.3 Å². The molecule has 2 aromatic heterocycles. The molecule has 0 spiro atoms. The van der Waals surface area contributed by atoms with Gasteiger partial charge in [0.15, 0.2) is 5.82 Å². The normalized spacial score (nSPS) is 13.4. The lowest BCUT2D eigenvalue weighted by Crippen LogP contribution is -2.01. The maximum Gasteiger partial charge on any atom is 0.233 e. The quantitative estimate of drug-likeness (QED) is 0.728. The molecular weight excluding hydrogens is 336 g/mol. The van der Waals surface area contributed by atoms with Gasteiger partial charge in [0, 0.05) is 5.38 Å². The molecule has 3 aromatic rings. The Morgan fingerprint density at radius 1 is 1.26 bits per heavy atom. The Kier molecular flexibility index (Phi) is 4.33. The van der Waals surface area contributed by atoms with E-state index in [-0.39, 0.29) is 15.1 Å². The van der Waals surface area contributed by atoms with Crippen molar-refractivity contribution in [1.82, 2.24) is 20.2 Å². The number of benzene rings is 1. The molecule has 7 nitrogen and oxygen atoms in total. The summed E-state index contributed by atoms with van der Waals surface area (Å²) in [5, 5.41) is 17.7. The van der Waals surface area contributed by atoms with Gasteiger partial charge in [0.1, 0.15) is 12.4 Å². The lowest BCUT2D eigenvalue weighted by molar-refractivity contribution is 0.219. The Bertz CT molecular complexity index is 903. The fourth-order valence-electron chi connectivity index (χ4n) is 1.81. The van der Waals surface area contributed by atoms with Crippen LogP contribution in [0.2, 0.25) is 0 Å². The van der Waals surface area contributed by atoms with Gasteiger partial charge < -0.3 is 5.11 Å². The highest BCUT2D eigenvalue weighted by Crippen LogP contribution is 2.24. The van der Waals surface area contributed by atoms with Crippen LogP contribution < -0.4 is 0 Å². The van der Waals surface area contributed by atoms with Crippen LogP contribution in [-0.2, 0) is 9.84 Å². The second-order valence-electron chi connectivity index (χ2n) is 4.52. The van der Waals surface area contributed by atoms with Gasteiger partial charge in [-0.1, -0.05) is 18.2 Å². The fourth-order valence-corrected chi connectivity index (χ4v) is 4.20. The minimum Gasteiger partial charge on any atom is -0.381 e. The van der Waals surface area contributed by atoms with Crippen molar-refractivity contribution in [2.24, 2.45) is 0 Å². The smallest absolute Gasteiger partial charge is 0.233 e. The standard InChI is InChI=1S/C14H12N4O3S2/c19-12(13-15-9-16-18-13)7-6-10-8-22-14(17-10)23(20,21)11-4-2-1-3-5-11/h1-9,12,19H,(H,15,16,18). The number of hydrogen-bond donors (Lipinski definition) is 2. The van der Waals surface area contributed by atoms with Crippen LogP contribution in [0, 0.1) is 0 Å². The van der Waals surface area contributed by atoms with Crippen molar-refractivity contribution >= 4 is 27.3 Å². The van der Waals surface area contributed by atoms with E-state index in [9.17, 15) is 13.5 Å². The Labute approximate surface area is 136 Å². The number of nitrogens with zero attached hydrogens (tertiary/aromatic N) is 3. The van der Waals surface area contributed by atoms with E-state index in [4.69, 9.17) is 0 Å². The predicted molar refractivity (Wildman–Crippen MR) is 84.4 cm³/mol. The van der Waals surface area contributed by atoms with Crippen molar-refractivity contribution < 1.29 is 13.5 Å². The summed E-state index contributed by atoms with van der Waals surface area (Å²) in [4.78, 5) is 8.13. The minimum atomic E-state index is -3.62. The van der Waals surface area contributed by atoms with Gasteiger partial charge in [0.25, 0.3) is 0 Å². The van der Waals surface area contributed by atoms with E-state index in [0.29, 0.717) is 5.69 Å². The van der Waals surface area contributed by atoms with E-state index in [2.05, 4.69) is 20.2 Å². The van der Waals surface area contributed by atoms with Crippen LogP contribution in [0.5, 0.6) is 0 Å². The molecule has 2 N–H and O–H groups in total. The summed E-state index contributed by atoms with van der Waals surface area (Å²) in [6, 6.07) is 8.13. The SMILES string of the molecule is O=S(=O)(c1ccccc1)c1nc(C=CC(O)c2nc[nH]n2)cs1. The van der Waals surface area contributed by atoms with Gasteiger partial charge in [-0.3, -0.25) is 5.10 Å². The Balaban J connectivity index is 1.81. The largest absolute Gasteiger partial charge is 0.381 e. The van der Waals surface area contributed by atoms with Crippen molar-refractivity contribution in [2.45, 2.75) is 15.3 Å². The fraction of sp³-hybridized carbons (Fsp3) is 0.0714. The van der Waals surface area contributed by atoms with Gasteiger partial charge in [0.05, 0.1) is 10.6 Å². The third-order valence-electron chi connectivity index (χ3n) is 2.93. The van der Waals surface area contributed by atoms with Crippen molar-refractivity contribution in [1.29, 1.82) is 0 Å². The molecule has 23 heavy (non-hydrogen) atoms. The number of aromatic nitrogens is 4. The molecule has 0 radical (unpaired) electrons. The average Bonchev–Trinajstić information content (AvgIpc) is 3.25. The third-order valence-corrected chi connectivity index (χ3v) is 5.97. The summed E-state index contributed by atoms with van der Waals surface area (Å²) in [7, 11) is -3.62. The summed E-state index contributed by atoms with van der Waals surface area (Å²) >= 11 is 1.03. The molecule has 118 valence electrons. The number of thiazole rings is 1. The summed E-state index contributed by atoms with van der Waals surface area (Å²) in [5.74, 6) is 0.230. The topological polar surface area (TPSA) is 109 Å². The number of aliphatic hydroxyl groups excluding tert-OH is 1. The highest BCUT2D eigenvalue weighted by molar-refractivity contribution is 7.93. The first kappa shape index (κ1) is 15.5. The van der Waals surface area contributed by atoms with E-state index in [1.165, 1.54) is 30.6 Å². The molecule has 3 rings (SSSR count). The number of sulfone groups is 1. The number of nitrogens with one attached hydrogen (secondary N) is 1. The molecule has 1 aromatic carbocycles. The molecule has 0 bridgehead atoms. The Morgan fingerprint density at radius 2 is 2.04 bits per heavy atom. The van der Waals surface area contributed by atoms with Crippen molar-refractivity contribution in [3.63, 3.8) is 0 Å². The lowest BCUT2D eigenvalue weighted by Gasteiger charge is -1.99. The number of H-pyrrole nitrogens is 1. The molecule has 0 saturated heterocycles. The molecule has 0 fully saturated rings. The van der Waals surface area contributed by atoms with Gasteiger partial charge in [-0.05, 0) is 24.3 Å². The first-order valence-corrected chi connectivity index (χ1v) is 8.91. The monoisotopic (exact) mass is 348 g/mol. The second kappa shape index (κ2) is 6.41. The van der Waals surface area contributed by atoms with Crippen LogP contribution in [0.15, 0.2) is 57.4 Å². The Hall–Kier alpha value is -2.36. The third kappa shape index (κ3) is 3.36. The number of aliphatic hydroxyl groups is 1.